The Morgan fingerprint density at radius 3 is 2.09 bits per heavy atom. The van der Waals surface area contributed by atoms with E-state index in [-0.39, 0.29) is 21.6 Å². The average molecular weight is 433 g/mol. The van der Waals surface area contributed by atoms with Crippen molar-refractivity contribution in [2.45, 2.75) is 13.8 Å². The number of benzene rings is 5. The van der Waals surface area contributed by atoms with E-state index in [0.717, 1.165) is 16.6 Å². The van der Waals surface area contributed by atoms with Gasteiger partial charge >= 0.3 is 0 Å². The maximum Gasteiger partial charge on any atom is 0.198 e. The molecule has 6 aromatic rings. The van der Waals surface area contributed by atoms with Crippen LogP contribution in [0, 0.1) is 13.8 Å². The summed E-state index contributed by atoms with van der Waals surface area (Å²) in [7, 11) is 0. The van der Waals surface area contributed by atoms with Crippen LogP contribution in [0.25, 0.3) is 43.7 Å². The number of fused-ring (bicyclic) bond motifs is 5. The lowest BCUT2D eigenvalue weighted by Gasteiger charge is -2.14. The van der Waals surface area contributed by atoms with Gasteiger partial charge in [0.1, 0.15) is 11.5 Å². The van der Waals surface area contributed by atoms with Crippen LogP contribution in [0.2, 0.25) is 0 Å². The molecule has 0 amide bonds. The molecule has 33 heavy (non-hydrogen) atoms. The molecule has 0 atom stereocenters. The van der Waals surface area contributed by atoms with E-state index >= 15 is 0 Å². The normalized spacial score (nSPS) is 11.6. The van der Waals surface area contributed by atoms with Crippen molar-refractivity contribution >= 4 is 43.7 Å². The van der Waals surface area contributed by atoms with Crippen molar-refractivity contribution in [2.24, 2.45) is 0 Å². The molecule has 0 unspecified atom stereocenters. The molecule has 0 bridgehead atoms. The third-order valence-corrected chi connectivity index (χ3v) is 6.14. The summed E-state index contributed by atoms with van der Waals surface area (Å²) in [6.07, 6.45) is 0. The Morgan fingerprint density at radius 2 is 1.33 bits per heavy atom. The lowest BCUT2D eigenvalue weighted by Crippen LogP contribution is -2.14. The number of aromatic amines is 1. The molecule has 1 N–H and O–H groups in total. The van der Waals surface area contributed by atoms with E-state index in [2.05, 4.69) is 4.98 Å². The minimum absolute atomic E-state index is 0.236. The van der Waals surface area contributed by atoms with Gasteiger partial charge in [0.15, 0.2) is 22.0 Å². The highest BCUT2D eigenvalue weighted by Crippen LogP contribution is 2.35. The number of hydrogen-bond donors (Lipinski definition) is 1. The maximum absolute atomic E-state index is 13.7. The monoisotopic (exact) mass is 433 g/mol. The zero-order chi connectivity index (χ0) is 22.7. The van der Waals surface area contributed by atoms with Gasteiger partial charge in [0, 0.05) is 16.8 Å². The summed E-state index contributed by atoms with van der Waals surface area (Å²) in [6, 6.07) is 21.9. The largest absolute Gasteiger partial charge is 0.456 e. The first-order valence-corrected chi connectivity index (χ1v) is 10.7. The molecule has 0 aliphatic rings. The second kappa shape index (κ2) is 7.07. The standard InChI is InChI=1S/C28H19NO4/c1-15-8-3-6-12-19(15)32-21-14-22-26(29-25-16(2)9-7-13-20(25)33-22)24-23(21)27(30)17-10-4-5-11-18(17)28(24)31/h3-14,29H,1-2H3. The molecule has 0 saturated carbocycles. The van der Waals surface area contributed by atoms with Crippen molar-refractivity contribution in [3.8, 4) is 11.5 Å². The molecule has 0 spiro atoms. The van der Waals surface area contributed by atoms with Crippen LogP contribution in [-0.2, 0) is 0 Å². The fourth-order valence-corrected chi connectivity index (χ4v) is 4.44. The molecule has 6 rings (SSSR count). The van der Waals surface area contributed by atoms with Crippen LogP contribution in [0.5, 0.6) is 11.5 Å². The number of aromatic nitrogens is 1. The Labute approximate surface area is 187 Å². The summed E-state index contributed by atoms with van der Waals surface area (Å²) >= 11 is 0. The summed E-state index contributed by atoms with van der Waals surface area (Å²) < 4.78 is 12.4. The van der Waals surface area contributed by atoms with Crippen molar-refractivity contribution in [3.05, 3.63) is 104 Å². The highest BCUT2D eigenvalue weighted by Gasteiger charge is 2.20. The summed E-state index contributed by atoms with van der Waals surface area (Å²) in [5.41, 5.74) is 3.76. The van der Waals surface area contributed by atoms with Gasteiger partial charge in [-0.3, -0.25) is 9.59 Å². The van der Waals surface area contributed by atoms with Gasteiger partial charge in [-0.2, -0.15) is 0 Å². The zero-order valence-electron chi connectivity index (χ0n) is 18.1. The molecule has 0 fully saturated rings. The first-order chi connectivity index (χ1) is 16.0. The lowest BCUT2D eigenvalue weighted by molar-refractivity contribution is 0.483. The molecule has 1 aromatic heterocycles. The molecular weight excluding hydrogens is 414 g/mol. The van der Waals surface area contributed by atoms with Crippen LogP contribution >= 0.6 is 0 Å². The summed E-state index contributed by atoms with van der Waals surface area (Å²) in [4.78, 5) is 30.7. The van der Waals surface area contributed by atoms with Crippen molar-refractivity contribution in [2.75, 3.05) is 0 Å². The van der Waals surface area contributed by atoms with Gasteiger partial charge < -0.3 is 14.1 Å². The molecule has 1 heterocycles. The van der Waals surface area contributed by atoms with E-state index in [1.54, 1.807) is 30.3 Å². The highest BCUT2D eigenvalue weighted by atomic mass is 16.5. The molecule has 160 valence electrons. The van der Waals surface area contributed by atoms with E-state index in [1.807, 2.05) is 56.3 Å². The average Bonchev–Trinajstić information content (AvgIpc) is 2.82. The Hall–Kier alpha value is -4.38. The Bertz CT molecular complexity index is 1860. The first kappa shape index (κ1) is 19.3. The number of nitrogens with one attached hydrogen (secondary N) is 1. The predicted molar refractivity (Wildman–Crippen MR) is 132 cm³/mol. The van der Waals surface area contributed by atoms with Gasteiger partial charge in [-0.25, -0.2) is 0 Å². The van der Waals surface area contributed by atoms with E-state index in [4.69, 9.17) is 9.15 Å². The van der Waals surface area contributed by atoms with Crippen LogP contribution in [0.4, 0.5) is 0 Å². The van der Waals surface area contributed by atoms with Crippen LogP contribution in [-0.4, -0.2) is 4.98 Å². The maximum atomic E-state index is 13.7. The fraction of sp³-hybridized carbons (Fsp3) is 0.0714. The number of hydrogen-bond acceptors (Lipinski definition) is 4. The SMILES string of the molecule is Cc1ccccc1Oc1cc2oc3cccc(C)c3[nH]c2c2c(=O)c3ccccc3c(=O)c12. The Kier molecular flexibility index (Phi) is 4.14. The van der Waals surface area contributed by atoms with Crippen molar-refractivity contribution in [1.82, 2.24) is 4.98 Å². The van der Waals surface area contributed by atoms with E-state index in [9.17, 15) is 9.59 Å². The van der Waals surface area contributed by atoms with Crippen LogP contribution in [0.1, 0.15) is 11.1 Å². The molecule has 0 radical (unpaired) electrons. The number of aryl methyl sites for hydroxylation is 2. The number of H-pyrrole nitrogens is 1. The third kappa shape index (κ3) is 2.86. The molecule has 5 nitrogen and oxygen atoms in total. The number of rotatable bonds is 2. The predicted octanol–water partition coefficient (Wildman–Crippen LogP) is 6.35. The van der Waals surface area contributed by atoms with Gasteiger partial charge in [-0.15, -0.1) is 0 Å². The summed E-state index contributed by atoms with van der Waals surface area (Å²) in [6.45, 7) is 3.89. The van der Waals surface area contributed by atoms with Crippen LogP contribution in [0.3, 0.4) is 0 Å². The van der Waals surface area contributed by atoms with Crippen molar-refractivity contribution in [1.29, 1.82) is 0 Å². The highest BCUT2D eigenvalue weighted by molar-refractivity contribution is 6.12. The van der Waals surface area contributed by atoms with Crippen LogP contribution < -0.4 is 15.6 Å². The molecule has 0 saturated heterocycles. The van der Waals surface area contributed by atoms with E-state index in [1.165, 1.54) is 0 Å². The third-order valence-electron chi connectivity index (χ3n) is 6.14. The molecule has 0 aliphatic heterocycles. The van der Waals surface area contributed by atoms with Gasteiger partial charge in [-0.1, -0.05) is 54.6 Å². The quantitative estimate of drug-likeness (QED) is 0.255. The summed E-state index contributed by atoms with van der Waals surface area (Å²) in [5.74, 6) is 0.905. The minimum atomic E-state index is -0.246. The van der Waals surface area contributed by atoms with Gasteiger partial charge in [0.2, 0.25) is 0 Å². The zero-order valence-corrected chi connectivity index (χ0v) is 18.1. The molecule has 5 aromatic carbocycles. The number of ether oxygens (including phenoxy) is 1. The topological polar surface area (TPSA) is 72.3 Å². The van der Waals surface area contributed by atoms with Gasteiger partial charge in [0.05, 0.1) is 21.8 Å². The van der Waals surface area contributed by atoms with E-state index < -0.39 is 0 Å². The van der Waals surface area contributed by atoms with Crippen LogP contribution in [0.15, 0.2) is 86.8 Å². The summed E-state index contributed by atoms with van der Waals surface area (Å²) in [5, 5.41) is 1.27. The molecule has 0 aliphatic carbocycles. The Morgan fingerprint density at radius 1 is 0.667 bits per heavy atom. The van der Waals surface area contributed by atoms with Gasteiger partial charge in [0.25, 0.3) is 0 Å². The van der Waals surface area contributed by atoms with E-state index in [0.29, 0.717) is 39.0 Å². The van der Waals surface area contributed by atoms with Crippen molar-refractivity contribution in [3.63, 3.8) is 0 Å². The fourth-order valence-electron chi connectivity index (χ4n) is 4.44. The lowest BCUT2D eigenvalue weighted by atomic mass is 10.00. The second-order valence-electron chi connectivity index (χ2n) is 8.24. The molecular formula is C28H19NO4. The Balaban J connectivity index is 1.84. The minimum Gasteiger partial charge on any atom is -0.456 e. The molecule has 5 heteroatoms. The number of para-hydroxylation sites is 2. The smallest absolute Gasteiger partial charge is 0.198 e. The van der Waals surface area contributed by atoms with Gasteiger partial charge in [-0.05, 0) is 37.1 Å². The second-order valence-corrected chi connectivity index (χ2v) is 8.24. The van der Waals surface area contributed by atoms with Crippen molar-refractivity contribution < 1.29 is 9.15 Å². The first-order valence-electron chi connectivity index (χ1n) is 10.7.